The Labute approximate surface area is 227 Å². The third kappa shape index (κ3) is 3.67. The van der Waals surface area contributed by atoms with Gasteiger partial charge in [0, 0.05) is 29.1 Å². The van der Waals surface area contributed by atoms with Gasteiger partial charge in [0.05, 0.1) is 12.0 Å². The second-order valence-electron chi connectivity index (χ2n) is 12.7. The summed E-state index contributed by atoms with van der Waals surface area (Å²) < 4.78 is 57.3. The van der Waals surface area contributed by atoms with Gasteiger partial charge < -0.3 is 18.7 Å². The first-order valence-electron chi connectivity index (χ1n) is 13.9. The van der Waals surface area contributed by atoms with E-state index in [1.165, 1.54) is 0 Å². The summed E-state index contributed by atoms with van der Waals surface area (Å²) >= 11 is 0. The number of alkyl halides is 3. The van der Waals surface area contributed by atoms with E-state index in [2.05, 4.69) is 24.8 Å². The zero-order valence-corrected chi connectivity index (χ0v) is 21.7. The number of amides is 1. The van der Waals surface area contributed by atoms with Crippen molar-refractivity contribution in [3.63, 3.8) is 0 Å². The Balaban J connectivity index is 1.07. The van der Waals surface area contributed by atoms with Gasteiger partial charge in [0.1, 0.15) is 11.3 Å². The van der Waals surface area contributed by atoms with Gasteiger partial charge in [-0.05, 0) is 69.9 Å². The minimum atomic E-state index is -2.88. The number of rotatable bonds is 8. The molecule has 1 aromatic carbocycles. The molecule has 0 radical (unpaired) electrons. The summed E-state index contributed by atoms with van der Waals surface area (Å²) in [6.45, 7) is 0.832. The average molecular weight is 556 g/mol. The van der Waals surface area contributed by atoms with Crippen LogP contribution in [0.25, 0.3) is 11.4 Å². The van der Waals surface area contributed by atoms with Gasteiger partial charge in [-0.25, -0.2) is 4.39 Å². The summed E-state index contributed by atoms with van der Waals surface area (Å²) in [7, 11) is 0. The molecule has 0 spiro atoms. The molecule has 2 saturated heterocycles. The highest BCUT2D eigenvalue weighted by Gasteiger charge is 2.73. The molecule has 4 bridgehead atoms. The van der Waals surface area contributed by atoms with Crippen LogP contribution in [0.15, 0.2) is 33.3 Å². The molecular weight excluding hydrogens is 527 g/mol. The molecule has 2 aliphatic heterocycles. The van der Waals surface area contributed by atoms with Crippen molar-refractivity contribution in [2.24, 2.45) is 10.8 Å². The molecule has 0 N–H and O–H groups in total. The minimum Gasteiger partial charge on any atom is -0.364 e. The molecule has 1 amide bonds. The molecule has 7 aliphatic rings. The number of carbonyl (C=O) groups is 1. The topological polar surface area (TPSA) is 107 Å². The van der Waals surface area contributed by atoms with Crippen LogP contribution < -0.4 is 4.90 Å². The number of aromatic nitrogens is 4. The number of anilines is 1. The Hall–Kier alpha value is -3.28. The van der Waals surface area contributed by atoms with Crippen LogP contribution in [0.1, 0.15) is 87.7 Å². The highest BCUT2D eigenvalue weighted by molar-refractivity contribution is 6.00. The highest BCUT2D eigenvalue weighted by atomic mass is 19.3. The Morgan fingerprint density at radius 2 is 1.82 bits per heavy atom. The quantitative estimate of drug-likeness (QED) is 0.351. The number of benzene rings is 1. The van der Waals surface area contributed by atoms with E-state index in [1.54, 1.807) is 29.2 Å². The van der Waals surface area contributed by atoms with Crippen molar-refractivity contribution in [1.82, 2.24) is 20.3 Å². The van der Waals surface area contributed by atoms with Crippen LogP contribution in [0.2, 0.25) is 0 Å². The number of nitrogens with zero attached hydrogens (tertiary/aromatic N) is 5. The molecule has 40 heavy (non-hydrogen) atoms. The summed E-state index contributed by atoms with van der Waals surface area (Å²) in [6, 6.07) is 6.93. The van der Waals surface area contributed by atoms with Gasteiger partial charge >= 0.3 is 6.43 Å². The molecule has 0 atom stereocenters. The van der Waals surface area contributed by atoms with Gasteiger partial charge in [-0.1, -0.05) is 22.4 Å². The van der Waals surface area contributed by atoms with Gasteiger partial charge in [-0.2, -0.15) is 18.7 Å². The number of hydrogen-bond acceptors (Lipinski definition) is 8. The van der Waals surface area contributed by atoms with E-state index in [9.17, 15) is 18.0 Å². The first-order chi connectivity index (χ1) is 19.2. The third-order valence-electron chi connectivity index (χ3n) is 9.75. The van der Waals surface area contributed by atoms with E-state index in [0.717, 1.165) is 31.5 Å². The average Bonchev–Trinajstić information content (AvgIpc) is 3.44. The predicted molar refractivity (Wildman–Crippen MR) is 132 cm³/mol. The van der Waals surface area contributed by atoms with Gasteiger partial charge in [0.2, 0.25) is 11.7 Å². The summed E-state index contributed by atoms with van der Waals surface area (Å²) in [5.41, 5.74) is -1.75. The summed E-state index contributed by atoms with van der Waals surface area (Å²) in [6.07, 6.45) is 3.05. The van der Waals surface area contributed by atoms with Crippen molar-refractivity contribution < 1.29 is 31.7 Å². The number of ether oxygens (including phenoxy) is 1. The second kappa shape index (κ2) is 8.14. The predicted octanol–water partition coefficient (Wildman–Crippen LogP) is 5.65. The second-order valence-corrected chi connectivity index (χ2v) is 12.7. The molecule has 12 heteroatoms. The molecule has 3 aromatic rings. The summed E-state index contributed by atoms with van der Waals surface area (Å²) in [5, 5.41) is 7.87. The van der Waals surface area contributed by atoms with Crippen LogP contribution in [0.3, 0.4) is 0 Å². The van der Waals surface area contributed by atoms with Gasteiger partial charge in [0.15, 0.2) is 5.82 Å². The van der Waals surface area contributed by atoms with E-state index >= 15 is 0 Å². The maximum atomic E-state index is 14.5. The smallest absolute Gasteiger partial charge is 0.315 e. The molecule has 0 unspecified atom stereocenters. The number of halogens is 3. The highest BCUT2D eigenvalue weighted by Crippen LogP contribution is 2.70. The molecule has 9 nitrogen and oxygen atoms in total. The lowest BCUT2D eigenvalue weighted by Crippen LogP contribution is -2.71. The Morgan fingerprint density at radius 3 is 2.45 bits per heavy atom. The van der Waals surface area contributed by atoms with Crippen molar-refractivity contribution in [1.29, 1.82) is 0 Å². The van der Waals surface area contributed by atoms with Crippen molar-refractivity contribution >= 4 is 11.6 Å². The third-order valence-corrected chi connectivity index (χ3v) is 9.75. The zero-order valence-electron chi connectivity index (χ0n) is 21.7. The molecule has 4 heterocycles. The van der Waals surface area contributed by atoms with Crippen molar-refractivity contribution in [2.75, 3.05) is 18.1 Å². The molecule has 5 saturated carbocycles. The molecule has 5 aliphatic carbocycles. The number of carbonyl (C=O) groups excluding carboxylic acids is 1. The van der Waals surface area contributed by atoms with Crippen molar-refractivity contribution in [2.45, 2.75) is 81.4 Å². The van der Waals surface area contributed by atoms with E-state index in [0.29, 0.717) is 49.1 Å². The first-order valence-corrected chi connectivity index (χ1v) is 13.9. The van der Waals surface area contributed by atoms with Gasteiger partial charge in [-0.15, -0.1) is 0 Å². The normalized spacial score (nSPS) is 34.0. The van der Waals surface area contributed by atoms with Crippen LogP contribution in [-0.2, 0) is 15.1 Å². The van der Waals surface area contributed by atoms with E-state index in [4.69, 9.17) is 9.26 Å². The molecule has 7 fully saturated rings. The van der Waals surface area contributed by atoms with Crippen molar-refractivity contribution in [3.8, 4) is 11.4 Å². The van der Waals surface area contributed by atoms with E-state index < -0.39 is 29.0 Å². The molecular formula is C28H28F3N5O4. The van der Waals surface area contributed by atoms with Crippen LogP contribution in [-0.4, -0.2) is 45.0 Å². The van der Waals surface area contributed by atoms with Crippen LogP contribution in [0.4, 0.5) is 18.9 Å². The Kier molecular flexibility index (Phi) is 4.99. The van der Waals surface area contributed by atoms with E-state index in [-0.39, 0.29) is 36.4 Å². The number of fused-ring (bicyclic) bond motifs is 3. The SMILES string of the molecule is O=C(N(CC12CCC(c3nc(C4CC4)no3)(CC1)OC2)c1cccc(-c2noc(C(F)F)n2)c1)C12CC(F)(C1)C2. The number of hydrogen-bond donors (Lipinski definition) is 0. The lowest BCUT2D eigenvalue weighted by atomic mass is 9.41. The maximum absolute atomic E-state index is 14.5. The zero-order chi connectivity index (χ0) is 27.3. The fourth-order valence-corrected chi connectivity index (χ4v) is 7.22. The van der Waals surface area contributed by atoms with E-state index in [1.807, 2.05) is 0 Å². The molecule has 2 aromatic heterocycles. The fraction of sp³-hybridized carbons (Fsp3) is 0.607. The Morgan fingerprint density at radius 1 is 1.05 bits per heavy atom. The fourth-order valence-electron chi connectivity index (χ4n) is 7.22. The lowest BCUT2D eigenvalue weighted by Gasteiger charge is -2.65. The molecule has 210 valence electrons. The van der Waals surface area contributed by atoms with Crippen LogP contribution in [0.5, 0.6) is 0 Å². The first kappa shape index (κ1) is 24.5. The van der Waals surface area contributed by atoms with Crippen LogP contribution in [0, 0.1) is 10.8 Å². The summed E-state index contributed by atoms with van der Waals surface area (Å²) in [4.78, 5) is 24.2. The maximum Gasteiger partial charge on any atom is 0.315 e. The van der Waals surface area contributed by atoms with Crippen molar-refractivity contribution in [3.05, 3.63) is 41.9 Å². The summed E-state index contributed by atoms with van der Waals surface area (Å²) in [5.74, 6) is 0.861. The lowest BCUT2D eigenvalue weighted by molar-refractivity contribution is -0.214. The van der Waals surface area contributed by atoms with Gasteiger partial charge in [0.25, 0.3) is 11.8 Å². The largest absolute Gasteiger partial charge is 0.364 e. The molecule has 10 rings (SSSR count). The monoisotopic (exact) mass is 555 g/mol. The Bertz CT molecular complexity index is 1460. The van der Waals surface area contributed by atoms with Crippen LogP contribution >= 0.6 is 0 Å². The minimum absolute atomic E-state index is 0.0181. The van der Waals surface area contributed by atoms with Gasteiger partial charge in [-0.3, -0.25) is 4.79 Å². The standard InChI is InChI=1S/C28H28F3N5O4/c29-19(30)22-32-21(34-39-22)17-2-1-3-18(10-17)36(24(37)26-11-27(31,12-26)13-26)14-25-6-8-28(9-7-25,38-15-25)23-33-20(35-40-23)16-4-5-16/h1-3,10,16,19H,4-9,11-15H2.